The third-order valence-electron chi connectivity index (χ3n) is 3.59. The first-order chi connectivity index (χ1) is 9.11. The molecule has 0 aliphatic carbocycles. The summed E-state index contributed by atoms with van der Waals surface area (Å²) in [4.78, 5) is 16.0. The van der Waals surface area contributed by atoms with Crippen LogP contribution in [0.4, 0.5) is 0 Å². The van der Waals surface area contributed by atoms with E-state index in [0.717, 1.165) is 29.3 Å². The van der Waals surface area contributed by atoms with Crippen molar-refractivity contribution in [1.82, 2.24) is 4.90 Å². The number of carbonyl (C=O) groups excluding carboxylic acids is 1. The summed E-state index contributed by atoms with van der Waals surface area (Å²) >= 11 is 1.46. The van der Waals surface area contributed by atoms with Gasteiger partial charge in [-0.3, -0.25) is 4.79 Å². The molecule has 2 rings (SSSR count). The van der Waals surface area contributed by atoms with Crippen molar-refractivity contribution in [3.63, 3.8) is 0 Å². The number of likely N-dealkylation sites (tertiary alicyclic amines) is 1. The van der Waals surface area contributed by atoms with Gasteiger partial charge in [-0.05, 0) is 30.4 Å². The molecule has 1 aromatic heterocycles. The second kappa shape index (κ2) is 6.23. The van der Waals surface area contributed by atoms with Gasteiger partial charge in [0, 0.05) is 13.1 Å². The number of rotatable bonds is 2. The summed E-state index contributed by atoms with van der Waals surface area (Å²) < 4.78 is 0. The minimum Gasteiger partial charge on any atom is -0.338 e. The smallest absolute Gasteiger partial charge is 0.263 e. The highest BCUT2D eigenvalue weighted by Crippen LogP contribution is 2.26. The zero-order chi connectivity index (χ0) is 13.8. The minimum atomic E-state index is 0.147. The van der Waals surface area contributed by atoms with Gasteiger partial charge in [-0.25, -0.2) is 0 Å². The number of thiophene rings is 1. The Bertz CT molecular complexity index is 510. The van der Waals surface area contributed by atoms with Crippen molar-refractivity contribution in [2.75, 3.05) is 19.6 Å². The zero-order valence-electron chi connectivity index (χ0n) is 11.5. The molecule has 1 aliphatic heterocycles. The van der Waals surface area contributed by atoms with E-state index in [-0.39, 0.29) is 5.91 Å². The fourth-order valence-corrected chi connectivity index (χ4v) is 3.18. The van der Waals surface area contributed by atoms with Gasteiger partial charge >= 0.3 is 0 Å². The number of nitrogens with zero attached hydrogens (tertiary/aromatic N) is 1. The average molecular weight is 276 g/mol. The first-order valence-corrected chi connectivity index (χ1v) is 7.51. The van der Waals surface area contributed by atoms with Gasteiger partial charge in [-0.2, -0.15) is 0 Å². The molecule has 1 amide bonds. The van der Waals surface area contributed by atoms with Crippen LogP contribution in [0.3, 0.4) is 0 Å². The molecule has 0 spiro atoms. The zero-order valence-corrected chi connectivity index (χ0v) is 12.3. The van der Waals surface area contributed by atoms with Gasteiger partial charge in [0.25, 0.3) is 5.91 Å². The van der Waals surface area contributed by atoms with Crippen molar-refractivity contribution < 1.29 is 4.79 Å². The van der Waals surface area contributed by atoms with Crippen LogP contribution in [0.25, 0.3) is 0 Å². The van der Waals surface area contributed by atoms with E-state index in [1.165, 1.54) is 11.3 Å². The van der Waals surface area contributed by atoms with Gasteiger partial charge in [0.1, 0.15) is 0 Å². The topological polar surface area (TPSA) is 46.3 Å². The second-order valence-electron chi connectivity index (χ2n) is 5.21. The van der Waals surface area contributed by atoms with Crippen molar-refractivity contribution >= 4 is 17.2 Å². The van der Waals surface area contributed by atoms with Crippen LogP contribution in [0.2, 0.25) is 0 Å². The van der Waals surface area contributed by atoms with Crippen LogP contribution in [0, 0.1) is 23.7 Å². The molecule has 0 bridgehead atoms. The van der Waals surface area contributed by atoms with Crippen LogP contribution in [-0.2, 0) is 0 Å². The highest BCUT2D eigenvalue weighted by atomic mass is 32.1. The van der Waals surface area contributed by atoms with Gasteiger partial charge in [0.05, 0.1) is 16.3 Å². The van der Waals surface area contributed by atoms with Gasteiger partial charge < -0.3 is 10.6 Å². The highest BCUT2D eigenvalue weighted by molar-refractivity contribution is 7.14. The molecule has 3 nitrogen and oxygen atoms in total. The van der Waals surface area contributed by atoms with Crippen molar-refractivity contribution in [3.05, 3.63) is 21.9 Å². The second-order valence-corrected chi connectivity index (χ2v) is 6.30. The van der Waals surface area contributed by atoms with Crippen LogP contribution >= 0.6 is 11.3 Å². The molecule has 102 valence electrons. The maximum Gasteiger partial charge on any atom is 0.263 e. The van der Waals surface area contributed by atoms with Crippen molar-refractivity contribution in [3.8, 4) is 11.8 Å². The largest absolute Gasteiger partial charge is 0.338 e. The van der Waals surface area contributed by atoms with Gasteiger partial charge in [-0.1, -0.05) is 25.7 Å². The molecular weight excluding hydrogens is 256 g/mol. The van der Waals surface area contributed by atoms with E-state index in [1.54, 1.807) is 0 Å². The predicted octanol–water partition coefficient (Wildman–Crippen LogP) is 2.18. The summed E-state index contributed by atoms with van der Waals surface area (Å²) in [5, 5.41) is 0. The fourth-order valence-electron chi connectivity index (χ4n) is 2.33. The molecule has 1 aliphatic rings. The lowest BCUT2D eigenvalue weighted by Gasteiger charge is -2.17. The molecule has 0 radical (unpaired) electrons. The summed E-state index contributed by atoms with van der Waals surface area (Å²) in [7, 11) is 0. The average Bonchev–Trinajstić information content (AvgIpc) is 3.04. The Hall–Kier alpha value is -1.31. The molecule has 1 unspecified atom stereocenters. The molecule has 19 heavy (non-hydrogen) atoms. The predicted molar refractivity (Wildman–Crippen MR) is 79.1 cm³/mol. The Balaban J connectivity index is 2.02. The summed E-state index contributed by atoms with van der Waals surface area (Å²) in [6, 6.07) is 3.77. The van der Waals surface area contributed by atoms with E-state index in [4.69, 9.17) is 5.73 Å². The quantitative estimate of drug-likeness (QED) is 0.842. The molecule has 0 aromatic carbocycles. The third-order valence-corrected chi connectivity index (χ3v) is 4.57. The van der Waals surface area contributed by atoms with Crippen LogP contribution in [-0.4, -0.2) is 30.4 Å². The van der Waals surface area contributed by atoms with Crippen LogP contribution in [0.5, 0.6) is 0 Å². The van der Waals surface area contributed by atoms with Gasteiger partial charge in [0.2, 0.25) is 0 Å². The van der Waals surface area contributed by atoms with E-state index < -0.39 is 0 Å². The Morgan fingerprint density at radius 2 is 2.37 bits per heavy atom. The van der Waals surface area contributed by atoms with Crippen molar-refractivity contribution in [2.24, 2.45) is 17.6 Å². The van der Waals surface area contributed by atoms with E-state index in [0.29, 0.717) is 18.4 Å². The lowest BCUT2D eigenvalue weighted by Crippen LogP contribution is -2.28. The summed E-state index contributed by atoms with van der Waals surface area (Å²) in [6.07, 6.45) is 1.12. The van der Waals surface area contributed by atoms with Gasteiger partial charge in [-0.15, -0.1) is 11.3 Å². The standard InChI is InChI=1S/C15H20N2OS/c1-11(2)12-7-9-17(10-12)15(18)14-6-5-13(19-14)4-3-8-16/h5-6,11-12H,7-10,16H2,1-2H3. The monoisotopic (exact) mass is 276 g/mol. The van der Waals surface area contributed by atoms with Crippen LogP contribution in [0.15, 0.2) is 12.1 Å². The number of carbonyl (C=O) groups is 1. The molecule has 1 aromatic rings. The summed E-state index contributed by atoms with van der Waals surface area (Å²) in [5.74, 6) is 7.21. The Labute approximate surface area is 118 Å². The Morgan fingerprint density at radius 3 is 3.00 bits per heavy atom. The molecule has 1 fully saturated rings. The van der Waals surface area contributed by atoms with E-state index >= 15 is 0 Å². The molecule has 4 heteroatoms. The minimum absolute atomic E-state index is 0.147. The van der Waals surface area contributed by atoms with Crippen molar-refractivity contribution in [2.45, 2.75) is 20.3 Å². The maximum atomic E-state index is 12.4. The number of amides is 1. The molecule has 0 saturated carbocycles. The number of hydrogen-bond acceptors (Lipinski definition) is 3. The third kappa shape index (κ3) is 3.37. The lowest BCUT2D eigenvalue weighted by atomic mass is 9.95. The first-order valence-electron chi connectivity index (χ1n) is 6.70. The Kier molecular flexibility index (Phi) is 4.62. The van der Waals surface area contributed by atoms with Crippen molar-refractivity contribution in [1.29, 1.82) is 0 Å². The molecule has 1 saturated heterocycles. The van der Waals surface area contributed by atoms with Gasteiger partial charge in [0.15, 0.2) is 0 Å². The first kappa shape index (κ1) is 14.1. The molecular formula is C15H20N2OS. The molecule has 2 N–H and O–H groups in total. The highest BCUT2D eigenvalue weighted by Gasteiger charge is 2.29. The summed E-state index contributed by atoms with van der Waals surface area (Å²) in [5.41, 5.74) is 5.34. The lowest BCUT2D eigenvalue weighted by molar-refractivity contribution is 0.0789. The van der Waals surface area contributed by atoms with E-state index in [1.807, 2.05) is 17.0 Å². The van der Waals surface area contributed by atoms with Crippen LogP contribution in [0.1, 0.15) is 34.8 Å². The number of hydrogen-bond donors (Lipinski definition) is 1. The molecule has 2 heterocycles. The Morgan fingerprint density at radius 1 is 1.58 bits per heavy atom. The van der Waals surface area contributed by atoms with Crippen LogP contribution < -0.4 is 5.73 Å². The van der Waals surface area contributed by atoms with E-state index in [2.05, 4.69) is 25.7 Å². The van der Waals surface area contributed by atoms with E-state index in [9.17, 15) is 4.79 Å². The molecule has 1 atom stereocenters. The number of nitrogens with two attached hydrogens (primary N) is 1. The summed E-state index contributed by atoms with van der Waals surface area (Å²) in [6.45, 7) is 6.57. The SMILES string of the molecule is CC(C)C1CCN(C(=O)c2ccc(C#CCN)s2)C1. The normalized spacial score (nSPS) is 18.5. The maximum absolute atomic E-state index is 12.4. The fraction of sp³-hybridized carbons (Fsp3) is 0.533.